The molecule has 0 bridgehead atoms. The Labute approximate surface area is 228 Å². The third kappa shape index (κ3) is 8.51. The van der Waals surface area contributed by atoms with Gasteiger partial charge >= 0.3 is 6.36 Å². The van der Waals surface area contributed by atoms with Gasteiger partial charge in [0.2, 0.25) is 0 Å². The van der Waals surface area contributed by atoms with E-state index in [1.165, 1.54) is 47.5 Å². The smallest absolute Gasteiger partial charge is 0.406 e. The molecule has 2 N–H and O–H groups in total. The zero-order valence-electron chi connectivity index (χ0n) is 21.1. The maximum absolute atomic E-state index is 15.0. The summed E-state index contributed by atoms with van der Waals surface area (Å²) in [6.07, 6.45) is -2.71. The number of carbonyl (C=O) groups excluding carboxylic acids is 2. The predicted octanol–water partition coefficient (Wildman–Crippen LogP) is 2.83. The Morgan fingerprint density at radius 1 is 1.15 bits per heavy atom. The zero-order chi connectivity index (χ0) is 29.4. The van der Waals surface area contributed by atoms with Crippen LogP contribution in [-0.2, 0) is 19.6 Å². The van der Waals surface area contributed by atoms with E-state index in [0.717, 1.165) is 17.0 Å². The van der Waals surface area contributed by atoms with Crippen molar-refractivity contribution in [3.05, 3.63) is 83.5 Å². The molecule has 0 saturated carbocycles. The molecule has 1 aromatic carbocycles. The quantitative estimate of drug-likeness (QED) is 0.244. The molecule has 4 rings (SSSR count). The van der Waals surface area contributed by atoms with Gasteiger partial charge in [-0.05, 0) is 36.2 Å². The molecule has 1 atom stereocenters. The average Bonchev–Trinajstić information content (AvgIpc) is 3.63. The number of hydrogen-bond donors (Lipinski definition) is 2. The highest BCUT2D eigenvalue weighted by Gasteiger charge is 2.31. The summed E-state index contributed by atoms with van der Waals surface area (Å²) in [4.78, 5) is 30.2. The van der Waals surface area contributed by atoms with Gasteiger partial charge in [-0.25, -0.2) is 8.78 Å². The van der Waals surface area contributed by atoms with Gasteiger partial charge in [-0.2, -0.15) is 0 Å². The van der Waals surface area contributed by atoms with E-state index in [4.69, 9.17) is 0 Å². The first-order chi connectivity index (χ1) is 19.6. The van der Waals surface area contributed by atoms with E-state index >= 15 is 0 Å². The number of nitrogens with one attached hydrogen (secondary N) is 2. The second-order valence-corrected chi connectivity index (χ2v) is 8.61. The predicted molar refractivity (Wildman–Crippen MR) is 129 cm³/mol. The lowest BCUT2D eigenvalue weighted by molar-refractivity contribution is -0.274. The Morgan fingerprint density at radius 3 is 2.71 bits per heavy atom. The minimum atomic E-state index is -4.85. The first-order valence-corrected chi connectivity index (χ1v) is 12.0. The van der Waals surface area contributed by atoms with E-state index in [1.54, 1.807) is 0 Å². The van der Waals surface area contributed by atoms with E-state index < -0.39 is 42.5 Å². The van der Waals surface area contributed by atoms with E-state index in [1.807, 2.05) is 0 Å². The number of aromatic nitrogens is 7. The summed E-state index contributed by atoms with van der Waals surface area (Å²) in [7, 11) is 0. The summed E-state index contributed by atoms with van der Waals surface area (Å²) in [6.45, 7) is -0.847. The van der Waals surface area contributed by atoms with Crippen LogP contribution < -0.4 is 10.1 Å². The molecular weight excluding hydrogens is 557 g/mol. The summed E-state index contributed by atoms with van der Waals surface area (Å²) >= 11 is 0. The van der Waals surface area contributed by atoms with Gasteiger partial charge < -0.3 is 15.0 Å². The largest absolute Gasteiger partial charge is 0.573 e. The van der Waals surface area contributed by atoms with Crippen LogP contribution in [0.1, 0.15) is 38.7 Å². The number of aryl methyl sites for hydroxylation is 1. The molecule has 12 nitrogen and oxygen atoms in total. The number of benzene rings is 1. The molecule has 0 radical (unpaired) electrons. The number of alkyl halides is 4. The van der Waals surface area contributed by atoms with Crippen LogP contribution in [0.4, 0.5) is 22.0 Å². The SMILES string of the molecule is O=C(NCc1cccc(OC(F)(F)F)c1)c1cn(CCC(F)CN(Cc2ncccc2F)C(=O)c2c[nH]nn2)nn1. The highest BCUT2D eigenvalue weighted by Crippen LogP contribution is 2.23. The van der Waals surface area contributed by atoms with Gasteiger partial charge in [0, 0.05) is 19.3 Å². The van der Waals surface area contributed by atoms with Crippen molar-refractivity contribution in [3.63, 3.8) is 0 Å². The lowest BCUT2D eigenvalue weighted by atomic mass is 10.2. The van der Waals surface area contributed by atoms with E-state index in [2.05, 4.69) is 40.8 Å². The van der Waals surface area contributed by atoms with Gasteiger partial charge in [-0.15, -0.1) is 23.4 Å². The summed E-state index contributed by atoms with van der Waals surface area (Å²) in [5, 5.41) is 19.5. The van der Waals surface area contributed by atoms with Gasteiger partial charge in [0.15, 0.2) is 11.4 Å². The van der Waals surface area contributed by atoms with Crippen molar-refractivity contribution < 1.29 is 36.3 Å². The fourth-order valence-corrected chi connectivity index (χ4v) is 3.64. The molecule has 0 aliphatic heterocycles. The van der Waals surface area contributed by atoms with Crippen molar-refractivity contribution in [2.24, 2.45) is 0 Å². The fourth-order valence-electron chi connectivity index (χ4n) is 3.64. The van der Waals surface area contributed by atoms with Crippen molar-refractivity contribution in [2.75, 3.05) is 6.54 Å². The topological polar surface area (TPSA) is 144 Å². The summed E-state index contributed by atoms with van der Waals surface area (Å²) < 4.78 is 71.4. The van der Waals surface area contributed by atoms with Crippen LogP contribution in [0.25, 0.3) is 0 Å². The average molecular weight is 579 g/mol. The monoisotopic (exact) mass is 579 g/mol. The molecular formula is C24H22F5N9O3. The Kier molecular flexibility index (Phi) is 9.15. The molecule has 41 heavy (non-hydrogen) atoms. The van der Waals surface area contributed by atoms with Crippen molar-refractivity contribution in [1.82, 2.24) is 45.6 Å². The van der Waals surface area contributed by atoms with Crippen LogP contribution in [0.15, 0.2) is 55.0 Å². The van der Waals surface area contributed by atoms with Crippen molar-refractivity contribution >= 4 is 11.8 Å². The summed E-state index contributed by atoms with van der Waals surface area (Å²) in [6, 6.07) is 7.66. The first kappa shape index (κ1) is 29.0. The summed E-state index contributed by atoms with van der Waals surface area (Å²) in [5.74, 6) is -2.42. The number of pyridine rings is 1. The second kappa shape index (κ2) is 12.9. The van der Waals surface area contributed by atoms with Crippen molar-refractivity contribution in [1.29, 1.82) is 0 Å². The maximum atomic E-state index is 15.0. The lowest BCUT2D eigenvalue weighted by Crippen LogP contribution is -2.37. The van der Waals surface area contributed by atoms with Crippen LogP contribution >= 0.6 is 0 Å². The van der Waals surface area contributed by atoms with Gasteiger partial charge in [0.1, 0.15) is 17.7 Å². The number of aromatic amines is 1. The Bertz CT molecular complexity index is 1460. The molecule has 0 fully saturated rings. The number of nitrogens with zero attached hydrogens (tertiary/aromatic N) is 7. The van der Waals surface area contributed by atoms with Crippen molar-refractivity contribution in [2.45, 2.75) is 38.6 Å². The molecule has 1 unspecified atom stereocenters. The van der Waals surface area contributed by atoms with Crippen molar-refractivity contribution in [3.8, 4) is 5.75 Å². The molecule has 0 aliphatic rings. The highest BCUT2D eigenvalue weighted by molar-refractivity contribution is 5.92. The molecule has 0 saturated heterocycles. The number of ether oxygens (including phenoxy) is 1. The number of halogens is 5. The molecule has 2 amide bonds. The third-order valence-corrected chi connectivity index (χ3v) is 5.54. The molecule has 3 aromatic heterocycles. The highest BCUT2D eigenvalue weighted by atomic mass is 19.4. The molecule has 4 aromatic rings. The molecule has 17 heteroatoms. The molecule has 216 valence electrons. The number of H-pyrrole nitrogens is 1. The molecule has 3 heterocycles. The third-order valence-electron chi connectivity index (χ3n) is 5.54. The zero-order valence-corrected chi connectivity index (χ0v) is 21.1. The fraction of sp³-hybridized carbons (Fsp3) is 0.292. The van der Waals surface area contributed by atoms with E-state index in [-0.39, 0.29) is 43.1 Å². The van der Waals surface area contributed by atoms with Crippen LogP contribution in [0.3, 0.4) is 0 Å². The number of carbonyl (C=O) groups is 2. The van der Waals surface area contributed by atoms with Crippen LogP contribution in [0, 0.1) is 5.82 Å². The van der Waals surface area contributed by atoms with Gasteiger partial charge in [-0.1, -0.05) is 22.6 Å². The minimum absolute atomic E-state index is 0.0117. The Morgan fingerprint density at radius 2 is 1.98 bits per heavy atom. The van der Waals surface area contributed by atoms with Crippen LogP contribution in [0.5, 0.6) is 5.75 Å². The lowest BCUT2D eigenvalue weighted by Gasteiger charge is -2.23. The van der Waals surface area contributed by atoms with E-state index in [0.29, 0.717) is 5.56 Å². The molecule has 0 aliphatic carbocycles. The first-order valence-electron chi connectivity index (χ1n) is 12.0. The normalized spacial score (nSPS) is 12.1. The van der Waals surface area contributed by atoms with Gasteiger partial charge in [-0.3, -0.25) is 24.4 Å². The molecule has 0 spiro atoms. The number of rotatable bonds is 12. The maximum Gasteiger partial charge on any atom is 0.573 e. The Balaban J connectivity index is 1.31. The van der Waals surface area contributed by atoms with Gasteiger partial charge in [0.25, 0.3) is 11.8 Å². The second-order valence-electron chi connectivity index (χ2n) is 8.61. The standard InChI is InChI=1S/C24H22F5N9O3/c25-16(12-37(23(40)19-11-32-35-33-19)13-20-18(26)5-2-7-30-20)6-8-38-14-21(34-36-38)22(39)31-10-15-3-1-4-17(9-15)41-24(27,28)29/h1-5,7,9,11,14,16H,6,8,10,12-13H2,(H,31,39)(H,32,33,35). The number of amides is 2. The van der Waals surface area contributed by atoms with Gasteiger partial charge in [0.05, 0.1) is 31.2 Å². The minimum Gasteiger partial charge on any atom is -0.406 e. The Hall–Kier alpha value is -4.96. The summed E-state index contributed by atoms with van der Waals surface area (Å²) in [5.41, 5.74) is 0.114. The van der Waals surface area contributed by atoms with E-state index in [9.17, 15) is 31.5 Å². The van der Waals surface area contributed by atoms with Crippen LogP contribution in [0.2, 0.25) is 0 Å². The number of hydrogen-bond acceptors (Lipinski definition) is 8. The van der Waals surface area contributed by atoms with Crippen LogP contribution in [-0.4, -0.2) is 71.2 Å².